The maximum atomic E-state index is 12.5. The summed E-state index contributed by atoms with van der Waals surface area (Å²) in [5.41, 5.74) is 3.89. The highest BCUT2D eigenvalue weighted by molar-refractivity contribution is 5.89. The van der Waals surface area contributed by atoms with Gasteiger partial charge in [0.1, 0.15) is 5.75 Å². The van der Waals surface area contributed by atoms with Gasteiger partial charge in [-0.1, -0.05) is 24.3 Å². The van der Waals surface area contributed by atoms with Crippen molar-refractivity contribution in [1.82, 2.24) is 15.1 Å². The van der Waals surface area contributed by atoms with Crippen molar-refractivity contribution in [2.75, 3.05) is 43.5 Å². The molecule has 2 heterocycles. The molecule has 0 radical (unpaired) electrons. The average molecular weight is 403 g/mol. The first-order valence-corrected chi connectivity index (χ1v) is 9.99. The van der Waals surface area contributed by atoms with Gasteiger partial charge < -0.3 is 19.9 Å². The van der Waals surface area contributed by atoms with Crippen molar-refractivity contribution in [1.29, 1.82) is 0 Å². The number of nitrogens with zero attached hydrogens (tertiary/aromatic N) is 4. The summed E-state index contributed by atoms with van der Waals surface area (Å²) in [6, 6.07) is 19.4. The molecule has 3 aromatic rings. The lowest BCUT2D eigenvalue weighted by Gasteiger charge is -2.35. The van der Waals surface area contributed by atoms with Crippen molar-refractivity contribution < 1.29 is 9.53 Å². The Kier molecular flexibility index (Phi) is 5.79. The number of hydrogen-bond acceptors (Lipinski definition) is 5. The molecular weight excluding hydrogens is 378 g/mol. The van der Waals surface area contributed by atoms with E-state index in [9.17, 15) is 4.79 Å². The minimum Gasteiger partial charge on any atom is -0.497 e. The number of rotatable bonds is 4. The predicted octanol–water partition coefficient (Wildman–Crippen LogP) is 3.81. The number of amides is 2. The summed E-state index contributed by atoms with van der Waals surface area (Å²) in [6.45, 7) is 4.76. The molecule has 0 bridgehead atoms. The van der Waals surface area contributed by atoms with E-state index in [1.54, 1.807) is 7.11 Å². The maximum Gasteiger partial charge on any atom is 0.321 e. The number of carbonyl (C=O) groups is 1. The smallest absolute Gasteiger partial charge is 0.321 e. The summed E-state index contributed by atoms with van der Waals surface area (Å²) >= 11 is 0. The first-order chi connectivity index (χ1) is 14.6. The van der Waals surface area contributed by atoms with Crippen LogP contribution in [-0.4, -0.2) is 54.4 Å². The number of hydrogen-bond donors (Lipinski definition) is 1. The molecule has 2 aromatic carbocycles. The molecule has 7 nitrogen and oxygen atoms in total. The second-order valence-corrected chi connectivity index (χ2v) is 7.22. The maximum absolute atomic E-state index is 12.5. The van der Waals surface area contributed by atoms with Gasteiger partial charge in [0.05, 0.1) is 12.8 Å². The standard InChI is InChI=1S/C23H25N5O2/c1-17-5-3-4-6-20(17)21-11-12-22(26-25-21)27-13-15-28(16-14-27)23(29)24-18-7-9-19(30-2)10-8-18/h3-12H,13-16H2,1-2H3,(H,24,29). The molecule has 30 heavy (non-hydrogen) atoms. The van der Waals surface area contributed by atoms with Crippen LogP contribution in [0.15, 0.2) is 60.7 Å². The Balaban J connectivity index is 1.33. The fraction of sp³-hybridized carbons (Fsp3) is 0.261. The highest BCUT2D eigenvalue weighted by atomic mass is 16.5. The number of aromatic nitrogens is 2. The SMILES string of the molecule is COc1ccc(NC(=O)N2CCN(c3ccc(-c4ccccc4C)nn3)CC2)cc1. The van der Waals surface area contributed by atoms with Crippen LogP contribution in [0.25, 0.3) is 11.3 Å². The Hall–Kier alpha value is -3.61. The van der Waals surface area contributed by atoms with E-state index in [-0.39, 0.29) is 6.03 Å². The molecule has 1 aliphatic rings. The zero-order valence-electron chi connectivity index (χ0n) is 17.2. The van der Waals surface area contributed by atoms with E-state index < -0.39 is 0 Å². The Morgan fingerprint density at radius 3 is 2.30 bits per heavy atom. The normalized spacial score (nSPS) is 13.8. The highest BCUT2D eigenvalue weighted by Crippen LogP contribution is 2.22. The van der Waals surface area contributed by atoms with Crippen molar-refractivity contribution in [3.05, 3.63) is 66.2 Å². The fourth-order valence-corrected chi connectivity index (χ4v) is 3.51. The zero-order chi connectivity index (χ0) is 20.9. The first kappa shape index (κ1) is 19.7. The second-order valence-electron chi connectivity index (χ2n) is 7.22. The predicted molar refractivity (Wildman–Crippen MR) is 118 cm³/mol. The van der Waals surface area contributed by atoms with Crippen molar-refractivity contribution in [2.45, 2.75) is 6.92 Å². The second kappa shape index (κ2) is 8.82. The lowest BCUT2D eigenvalue weighted by molar-refractivity contribution is 0.208. The molecule has 1 aromatic heterocycles. The molecule has 0 saturated carbocycles. The highest BCUT2D eigenvalue weighted by Gasteiger charge is 2.22. The van der Waals surface area contributed by atoms with E-state index in [4.69, 9.17) is 4.74 Å². The van der Waals surface area contributed by atoms with Gasteiger partial charge in [-0.15, -0.1) is 10.2 Å². The number of methoxy groups -OCH3 is 1. The third-order valence-corrected chi connectivity index (χ3v) is 5.30. The molecule has 0 aliphatic carbocycles. The van der Waals surface area contributed by atoms with E-state index in [1.807, 2.05) is 53.4 Å². The number of ether oxygens (including phenoxy) is 1. The van der Waals surface area contributed by atoms with Gasteiger partial charge in [0.25, 0.3) is 0 Å². The summed E-state index contributed by atoms with van der Waals surface area (Å²) in [5.74, 6) is 1.60. The van der Waals surface area contributed by atoms with Crippen LogP contribution < -0.4 is 15.0 Å². The van der Waals surface area contributed by atoms with Crippen LogP contribution in [-0.2, 0) is 0 Å². The fourth-order valence-electron chi connectivity index (χ4n) is 3.51. The van der Waals surface area contributed by atoms with E-state index >= 15 is 0 Å². The van der Waals surface area contributed by atoms with Crippen LogP contribution in [0, 0.1) is 6.92 Å². The Morgan fingerprint density at radius 2 is 1.67 bits per heavy atom. The topological polar surface area (TPSA) is 70.6 Å². The van der Waals surface area contributed by atoms with Gasteiger partial charge in [0, 0.05) is 37.4 Å². The minimum absolute atomic E-state index is 0.0965. The number of benzene rings is 2. The molecule has 1 fully saturated rings. The van der Waals surface area contributed by atoms with Gasteiger partial charge in [0.2, 0.25) is 0 Å². The molecule has 1 N–H and O–H groups in total. The van der Waals surface area contributed by atoms with E-state index in [1.165, 1.54) is 5.56 Å². The van der Waals surface area contributed by atoms with Crippen molar-refractivity contribution >= 4 is 17.5 Å². The van der Waals surface area contributed by atoms with Gasteiger partial charge in [-0.3, -0.25) is 0 Å². The number of anilines is 2. The van der Waals surface area contributed by atoms with Gasteiger partial charge in [-0.2, -0.15) is 0 Å². The van der Waals surface area contributed by atoms with Crippen molar-refractivity contribution in [2.24, 2.45) is 0 Å². The molecule has 7 heteroatoms. The minimum atomic E-state index is -0.0965. The van der Waals surface area contributed by atoms with E-state index in [2.05, 4.69) is 39.5 Å². The van der Waals surface area contributed by atoms with E-state index in [0.717, 1.165) is 28.5 Å². The van der Waals surface area contributed by atoms with Crippen molar-refractivity contribution in [3.63, 3.8) is 0 Å². The number of nitrogens with one attached hydrogen (secondary N) is 1. The molecule has 0 unspecified atom stereocenters. The average Bonchev–Trinajstić information content (AvgIpc) is 2.80. The van der Waals surface area contributed by atoms with Crippen molar-refractivity contribution in [3.8, 4) is 17.0 Å². The van der Waals surface area contributed by atoms with Gasteiger partial charge in [-0.25, -0.2) is 4.79 Å². The summed E-state index contributed by atoms with van der Waals surface area (Å²) in [6.07, 6.45) is 0. The summed E-state index contributed by atoms with van der Waals surface area (Å²) in [7, 11) is 1.62. The third-order valence-electron chi connectivity index (χ3n) is 5.30. The quantitative estimate of drug-likeness (QED) is 0.717. The lowest BCUT2D eigenvalue weighted by atomic mass is 10.1. The Bertz CT molecular complexity index is 997. The summed E-state index contributed by atoms with van der Waals surface area (Å²) in [5, 5.41) is 11.8. The van der Waals surface area contributed by atoms with Crippen LogP contribution in [0.2, 0.25) is 0 Å². The summed E-state index contributed by atoms with van der Waals surface area (Å²) < 4.78 is 5.14. The van der Waals surface area contributed by atoms with Crippen LogP contribution >= 0.6 is 0 Å². The van der Waals surface area contributed by atoms with E-state index in [0.29, 0.717) is 26.2 Å². The number of urea groups is 1. The summed E-state index contributed by atoms with van der Waals surface area (Å²) in [4.78, 5) is 16.5. The van der Waals surface area contributed by atoms with Crippen LogP contribution in [0.1, 0.15) is 5.56 Å². The largest absolute Gasteiger partial charge is 0.497 e. The zero-order valence-corrected chi connectivity index (χ0v) is 17.2. The molecule has 1 aliphatic heterocycles. The Morgan fingerprint density at radius 1 is 0.933 bits per heavy atom. The van der Waals surface area contributed by atoms with Crippen LogP contribution in [0.4, 0.5) is 16.3 Å². The first-order valence-electron chi connectivity index (χ1n) is 9.99. The van der Waals surface area contributed by atoms with Gasteiger partial charge in [-0.05, 0) is 48.9 Å². The molecule has 0 spiro atoms. The van der Waals surface area contributed by atoms with Crippen LogP contribution in [0.3, 0.4) is 0 Å². The lowest BCUT2D eigenvalue weighted by Crippen LogP contribution is -2.50. The third kappa shape index (κ3) is 4.35. The molecule has 1 saturated heterocycles. The van der Waals surface area contributed by atoms with Gasteiger partial charge in [0.15, 0.2) is 5.82 Å². The van der Waals surface area contributed by atoms with Crippen LogP contribution in [0.5, 0.6) is 5.75 Å². The number of piperazine rings is 1. The molecular formula is C23H25N5O2. The molecule has 154 valence electrons. The number of carbonyl (C=O) groups excluding carboxylic acids is 1. The number of aryl methyl sites for hydroxylation is 1. The molecule has 2 amide bonds. The molecule has 0 atom stereocenters. The Labute approximate surface area is 176 Å². The molecule has 4 rings (SSSR count). The monoisotopic (exact) mass is 403 g/mol. The van der Waals surface area contributed by atoms with Gasteiger partial charge >= 0.3 is 6.03 Å².